The van der Waals surface area contributed by atoms with Crippen molar-refractivity contribution >= 4 is 27.9 Å². The van der Waals surface area contributed by atoms with Crippen LogP contribution in [0.1, 0.15) is 50.9 Å². The summed E-state index contributed by atoms with van der Waals surface area (Å²) >= 11 is 0. The zero-order valence-electron chi connectivity index (χ0n) is 13.7. The fourth-order valence-corrected chi connectivity index (χ4v) is 4.17. The van der Waals surface area contributed by atoms with Crippen LogP contribution in [0.5, 0.6) is 0 Å². The summed E-state index contributed by atoms with van der Waals surface area (Å²) in [7, 11) is 0. The third-order valence-electron chi connectivity index (χ3n) is 5.17. The Kier molecular flexibility index (Phi) is 3.43. The first kappa shape index (κ1) is 14.4. The normalized spacial score (nSPS) is 22.0. The summed E-state index contributed by atoms with van der Waals surface area (Å²) in [5, 5.41) is 1.15. The van der Waals surface area contributed by atoms with E-state index in [1.54, 1.807) is 6.92 Å². The number of H-pyrrole nitrogens is 1. The number of Topliss-reactive ketones (excluding diaryl/α,β-unsaturated/α-hetero) is 1. The topological polar surface area (TPSA) is 63.6 Å². The molecule has 3 aromatic rings. The molecule has 5 nitrogen and oxygen atoms in total. The summed E-state index contributed by atoms with van der Waals surface area (Å²) in [4.78, 5) is 23.7. The fourth-order valence-electron chi connectivity index (χ4n) is 4.17. The summed E-state index contributed by atoms with van der Waals surface area (Å²) in [5.74, 6) is 1.94. The number of aryl methyl sites for hydroxylation is 1. The number of aromatic nitrogens is 4. The number of nitrogens with zero attached hydrogens (tertiary/aromatic N) is 3. The van der Waals surface area contributed by atoms with E-state index in [0.717, 1.165) is 54.5 Å². The second-order valence-electron chi connectivity index (χ2n) is 6.84. The molecule has 1 aliphatic carbocycles. The van der Waals surface area contributed by atoms with E-state index in [9.17, 15) is 4.79 Å². The Hall–Kier alpha value is -2.17. The maximum absolute atomic E-state index is 11.3. The van der Waals surface area contributed by atoms with Gasteiger partial charge in [-0.25, -0.2) is 9.97 Å². The van der Waals surface area contributed by atoms with Gasteiger partial charge in [0.05, 0.1) is 11.7 Å². The van der Waals surface area contributed by atoms with Crippen LogP contribution in [0.4, 0.5) is 0 Å². The maximum atomic E-state index is 11.3. The smallest absolute Gasteiger partial charge is 0.139 e. The lowest BCUT2D eigenvalue weighted by Gasteiger charge is -2.30. The summed E-state index contributed by atoms with van der Waals surface area (Å²) < 4.78 is 2.40. The minimum absolute atomic E-state index is 0.317. The highest BCUT2D eigenvalue weighted by Crippen LogP contribution is 2.37. The lowest BCUT2D eigenvalue weighted by molar-refractivity contribution is -0.118. The highest BCUT2D eigenvalue weighted by molar-refractivity contribution is 6.01. The molecule has 0 spiro atoms. The van der Waals surface area contributed by atoms with E-state index in [1.165, 1.54) is 5.52 Å². The van der Waals surface area contributed by atoms with Crippen molar-refractivity contribution in [1.82, 2.24) is 19.5 Å². The number of rotatable bonds is 3. The molecule has 5 heteroatoms. The number of carbonyl (C=O) groups excluding carboxylic acids is 1. The van der Waals surface area contributed by atoms with Gasteiger partial charge in [-0.1, -0.05) is 0 Å². The summed E-state index contributed by atoms with van der Waals surface area (Å²) in [5.41, 5.74) is 3.09. The Morgan fingerprint density at radius 2 is 2.13 bits per heavy atom. The molecule has 1 aliphatic rings. The summed E-state index contributed by atoms with van der Waals surface area (Å²) in [6.45, 7) is 3.79. The molecule has 0 amide bonds. The molecular formula is C18H22N4O. The molecule has 1 N–H and O–H groups in total. The molecule has 3 heterocycles. The zero-order valence-corrected chi connectivity index (χ0v) is 13.7. The number of carbonyl (C=O) groups is 1. The van der Waals surface area contributed by atoms with Crippen LogP contribution in [-0.2, 0) is 4.79 Å². The van der Waals surface area contributed by atoms with Crippen LogP contribution in [0, 0.1) is 12.8 Å². The molecule has 1 saturated carbocycles. The van der Waals surface area contributed by atoms with Gasteiger partial charge < -0.3 is 14.3 Å². The molecule has 0 radical (unpaired) electrons. The third kappa shape index (κ3) is 2.44. The molecule has 0 aromatic carbocycles. The lowest BCUT2D eigenvalue weighted by Crippen LogP contribution is -2.20. The first-order valence-corrected chi connectivity index (χ1v) is 8.43. The molecule has 0 bridgehead atoms. The second-order valence-corrected chi connectivity index (χ2v) is 6.84. The SMILES string of the molecule is CC(=O)CC1CCC(n2c(C)nc3cnc4[nH]ccc4c32)CC1. The van der Waals surface area contributed by atoms with Gasteiger partial charge in [-0.15, -0.1) is 0 Å². The van der Waals surface area contributed by atoms with Crippen LogP contribution in [0.3, 0.4) is 0 Å². The lowest BCUT2D eigenvalue weighted by atomic mass is 9.83. The van der Waals surface area contributed by atoms with Crippen molar-refractivity contribution in [3.05, 3.63) is 24.3 Å². The number of fused-ring (bicyclic) bond motifs is 3. The van der Waals surface area contributed by atoms with Gasteiger partial charge in [0, 0.05) is 24.0 Å². The number of aromatic amines is 1. The number of hydrogen-bond acceptors (Lipinski definition) is 3. The monoisotopic (exact) mass is 310 g/mol. The van der Waals surface area contributed by atoms with Gasteiger partial charge in [0.25, 0.3) is 0 Å². The minimum Gasteiger partial charge on any atom is -0.346 e. The van der Waals surface area contributed by atoms with Crippen molar-refractivity contribution < 1.29 is 4.79 Å². The molecule has 0 unspecified atom stereocenters. The van der Waals surface area contributed by atoms with Crippen molar-refractivity contribution in [2.75, 3.05) is 0 Å². The fraction of sp³-hybridized carbons (Fsp3) is 0.500. The summed E-state index contributed by atoms with van der Waals surface area (Å²) in [6, 6.07) is 2.56. The van der Waals surface area contributed by atoms with Crippen molar-refractivity contribution in [2.24, 2.45) is 5.92 Å². The van der Waals surface area contributed by atoms with Crippen LogP contribution >= 0.6 is 0 Å². The Morgan fingerprint density at radius 1 is 1.35 bits per heavy atom. The van der Waals surface area contributed by atoms with Crippen LogP contribution in [0.2, 0.25) is 0 Å². The minimum atomic E-state index is 0.317. The molecule has 4 rings (SSSR count). The van der Waals surface area contributed by atoms with Gasteiger partial charge in [0.1, 0.15) is 22.8 Å². The highest BCUT2D eigenvalue weighted by atomic mass is 16.1. The van der Waals surface area contributed by atoms with E-state index in [1.807, 2.05) is 12.4 Å². The van der Waals surface area contributed by atoms with Crippen LogP contribution in [0.25, 0.3) is 22.1 Å². The quantitative estimate of drug-likeness (QED) is 0.797. The van der Waals surface area contributed by atoms with E-state index in [4.69, 9.17) is 4.98 Å². The molecule has 120 valence electrons. The van der Waals surface area contributed by atoms with E-state index in [0.29, 0.717) is 17.7 Å². The highest BCUT2D eigenvalue weighted by Gasteiger charge is 2.26. The average Bonchev–Trinajstić information content (AvgIpc) is 3.10. The van der Waals surface area contributed by atoms with Crippen molar-refractivity contribution in [3.8, 4) is 0 Å². The standard InChI is InChI=1S/C18H22N4O/c1-11(23)9-13-3-5-14(6-4-13)22-12(2)21-16-10-20-18-15(17(16)22)7-8-19-18/h7-8,10,13-14H,3-6,9H2,1-2H3,(H,19,20). The second kappa shape index (κ2) is 5.48. The van der Waals surface area contributed by atoms with Gasteiger partial charge in [-0.3, -0.25) is 0 Å². The molecule has 1 fully saturated rings. The molecular weight excluding hydrogens is 288 g/mol. The predicted octanol–water partition coefficient (Wildman–Crippen LogP) is 3.93. The van der Waals surface area contributed by atoms with Gasteiger partial charge in [0.2, 0.25) is 0 Å². The van der Waals surface area contributed by atoms with Gasteiger partial charge in [-0.05, 0) is 51.5 Å². The number of nitrogens with one attached hydrogen (secondary N) is 1. The largest absolute Gasteiger partial charge is 0.346 e. The summed E-state index contributed by atoms with van der Waals surface area (Å²) in [6.07, 6.45) is 9.04. The number of ketones is 1. The van der Waals surface area contributed by atoms with Crippen LogP contribution in [0.15, 0.2) is 18.5 Å². The first-order chi connectivity index (χ1) is 11.1. The van der Waals surface area contributed by atoms with Gasteiger partial charge in [0.15, 0.2) is 0 Å². The van der Waals surface area contributed by atoms with Crippen LogP contribution < -0.4 is 0 Å². The Labute approximate surface area is 135 Å². The zero-order chi connectivity index (χ0) is 16.0. The van der Waals surface area contributed by atoms with Crippen molar-refractivity contribution in [3.63, 3.8) is 0 Å². The number of pyridine rings is 1. The Morgan fingerprint density at radius 3 is 2.87 bits per heavy atom. The van der Waals surface area contributed by atoms with Crippen molar-refractivity contribution in [2.45, 2.75) is 52.0 Å². The maximum Gasteiger partial charge on any atom is 0.139 e. The van der Waals surface area contributed by atoms with Crippen molar-refractivity contribution in [1.29, 1.82) is 0 Å². The van der Waals surface area contributed by atoms with Gasteiger partial charge in [-0.2, -0.15) is 0 Å². The Balaban J connectivity index is 1.70. The molecule has 0 saturated heterocycles. The predicted molar refractivity (Wildman–Crippen MR) is 90.4 cm³/mol. The number of hydrogen-bond donors (Lipinski definition) is 1. The first-order valence-electron chi connectivity index (χ1n) is 8.43. The van der Waals surface area contributed by atoms with E-state index in [-0.39, 0.29) is 0 Å². The van der Waals surface area contributed by atoms with E-state index < -0.39 is 0 Å². The Bertz CT molecular complexity index is 868. The third-order valence-corrected chi connectivity index (χ3v) is 5.17. The van der Waals surface area contributed by atoms with Crippen LogP contribution in [-0.4, -0.2) is 25.3 Å². The molecule has 0 aliphatic heterocycles. The number of imidazole rings is 1. The molecule has 0 atom stereocenters. The van der Waals surface area contributed by atoms with E-state index >= 15 is 0 Å². The average molecular weight is 310 g/mol. The van der Waals surface area contributed by atoms with Gasteiger partial charge >= 0.3 is 0 Å². The molecule has 23 heavy (non-hydrogen) atoms. The van der Waals surface area contributed by atoms with E-state index in [2.05, 4.69) is 27.5 Å². The molecule has 3 aromatic heterocycles.